The Balaban J connectivity index is 2.62. The van der Waals surface area contributed by atoms with E-state index in [1.807, 2.05) is 0 Å². The van der Waals surface area contributed by atoms with Crippen molar-refractivity contribution in [3.05, 3.63) is 0 Å². The lowest BCUT2D eigenvalue weighted by Gasteiger charge is -2.40. The SMILES string of the molecule is CCCCC(CCC)O[C@H]1O[C@H](CO)[C@@H](O)[C@H](O)[C@H]1O. The molecule has 0 spiro atoms. The number of unbranched alkanes of at least 4 members (excludes halogenated alkanes) is 1. The van der Waals surface area contributed by atoms with Gasteiger partial charge in [-0.25, -0.2) is 0 Å². The Morgan fingerprint density at radius 1 is 1.00 bits per heavy atom. The second-order valence-electron chi connectivity index (χ2n) is 5.39. The van der Waals surface area contributed by atoms with Crippen molar-refractivity contribution in [2.45, 2.75) is 82.8 Å². The maximum Gasteiger partial charge on any atom is 0.186 e. The Kier molecular flexibility index (Phi) is 7.94. The monoisotopic (exact) mass is 292 g/mol. The predicted molar refractivity (Wildman–Crippen MR) is 73.1 cm³/mol. The molecule has 1 rings (SSSR count). The Morgan fingerprint density at radius 3 is 2.25 bits per heavy atom. The summed E-state index contributed by atoms with van der Waals surface area (Å²) in [4.78, 5) is 0. The molecule has 1 unspecified atom stereocenters. The highest BCUT2D eigenvalue weighted by atomic mass is 16.7. The van der Waals surface area contributed by atoms with Crippen LogP contribution in [0.15, 0.2) is 0 Å². The maximum absolute atomic E-state index is 9.92. The minimum absolute atomic E-state index is 0.0543. The van der Waals surface area contributed by atoms with Crippen LogP contribution in [0.5, 0.6) is 0 Å². The van der Waals surface area contributed by atoms with Crippen molar-refractivity contribution in [1.82, 2.24) is 0 Å². The highest BCUT2D eigenvalue weighted by Crippen LogP contribution is 2.25. The third-order valence-electron chi connectivity index (χ3n) is 3.67. The first-order chi connectivity index (χ1) is 9.54. The van der Waals surface area contributed by atoms with E-state index >= 15 is 0 Å². The minimum Gasteiger partial charge on any atom is -0.394 e. The van der Waals surface area contributed by atoms with Gasteiger partial charge in [-0.1, -0.05) is 33.1 Å². The summed E-state index contributed by atoms with van der Waals surface area (Å²) in [5.41, 5.74) is 0. The predicted octanol–water partition coefficient (Wildman–Crippen LogP) is 0.162. The van der Waals surface area contributed by atoms with Gasteiger partial charge in [0.25, 0.3) is 0 Å². The molecule has 0 amide bonds. The molecule has 1 fully saturated rings. The zero-order valence-corrected chi connectivity index (χ0v) is 12.3. The van der Waals surface area contributed by atoms with Crippen molar-refractivity contribution in [3.8, 4) is 0 Å². The number of hydrogen-bond acceptors (Lipinski definition) is 6. The summed E-state index contributed by atoms with van der Waals surface area (Å²) < 4.78 is 11.1. The van der Waals surface area contributed by atoms with Gasteiger partial charge in [-0.2, -0.15) is 0 Å². The molecule has 0 aliphatic carbocycles. The Morgan fingerprint density at radius 2 is 1.70 bits per heavy atom. The molecule has 6 nitrogen and oxygen atoms in total. The molecule has 1 aliphatic rings. The molecule has 1 heterocycles. The second kappa shape index (κ2) is 8.92. The summed E-state index contributed by atoms with van der Waals surface area (Å²) in [5, 5.41) is 38.5. The summed E-state index contributed by atoms with van der Waals surface area (Å²) in [6.45, 7) is 3.71. The number of aliphatic hydroxyl groups excluding tert-OH is 4. The van der Waals surface area contributed by atoms with Crippen molar-refractivity contribution in [3.63, 3.8) is 0 Å². The van der Waals surface area contributed by atoms with Gasteiger partial charge in [0, 0.05) is 0 Å². The molecule has 6 heteroatoms. The van der Waals surface area contributed by atoms with Crippen LogP contribution in [0.4, 0.5) is 0 Å². The normalized spacial score (nSPS) is 36.0. The van der Waals surface area contributed by atoms with Gasteiger partial charge in [0.1, 0.15) is 24.4 Å². The molecule has 1 saturated heterocycles. The summed E-state index contributed by atoms with van der Waals surface area (Å²) in [6, 6.07) is 0. The van der Waals surface area contributed by atoms with Crippen LogP contribution < -0.4 is 0 Å². The van der Waals surface area contributed by atoms with Gasteiger partial charge in [-0.15, -0.1) is 0 Å². The molecular weight excluding hydrogens is 264 g/mol. The molecule has 0 aromatic heterocycles. The van der Waals surface area contributed by atoms with Crippen LogP contribution in [0.3, 0.4) is 0 Å². The molecule has 0 radical (unpaired) electrons. The molecule has 0 saturated carbocycles. The zero-order valence-electron chi connectivity index (χ0n) is 12.3. The molecule has 120 valence electrons. The van der Waals surface area contributed by atoms with Crippen molar-refractivity contribution in [1.29, 1.82) is 0 Å². The summed E-state index contributed by atoms with van der Waals surface area (Å²) in [7, 11) is 0. The summed E-state index contributed by atoms with van der Waals surface area (Å²) in [6.07, 6.45) is -1.28. The van der Waals surface area contributed by atoms with E-state index in [2.05, 4.69) is 13.8 Å². The van der Waals surface area contributed by atoms with E-state index in [0.29, 0.717) is 0 Å². The topological polar surface area (TPSA) is 99.4 Å². The molecule has 0 bridgehead atoms. The van der Waals surface area contributed by atoms with E-state index in [-0.39, 0.29) is 6.10 Å². The first kappa shape index (κ1) is 17.8. The first-order valence-corrected chi connectivity index (χ1v) is 7.51. The third kappa shape index (κ3) is 4.65. The molecule has 1 aliphatic heterocycles. The van der Waals surface area contributed by atoms with E-state index in [9.17, 15) is 15.3 Å². The van der Waals surface area contributed by atoms with Crippen LogP contribution in [-0.4, -0.2) is 63.8 Å². The third-order valence-corrected chi connectivity index (χ3v) is 3.67. The lowest BCUT2D eigenvalue weighted by atomic mass is 9.99. The largest absolute Gasteiger partial charge is 0.394 e. The van der Waals surface area contributed by atoms with Crippen LogP contribution in [0.2, 0.25) is 0 Å². The van der Waals surface area contributed by atoms with Gasteiger partial charge < -0.3 is 29.9 Å². The minimum atomic E-state index is -1.38. The van der Waals surface area contributed by atoms with E-state index < -0.39 is 37.3 Å². The van der Waals surface area contributed by atoms with Crippen molar-refractivity contribution in [2.24, 2.45) is 0 Å². The summed E-state index contributed by atoms with van der Waals surface area (Å²) >= 11 is 0. The molecular formula is C14H28O6. The van der Waals surface area contributed by atoms with Crippen LogP contribution in [0.25, 0.3) is 0 Å². The van der Waals surface area contributed by atoms with E-state index in [0.717, 1.165) is 32.1 Å². The Labute approximate surface area is 120 Å². The number of hydrogen-bond donors (Lipinski definition) is 4. The van der Waals surface area contributed by atoms with Crippen molar-refractivity contribution >= 4 is 0 Å². The highest BCUT2D eigenvalue weighted by molar-refractivity contribution is 4.89. The van der Waals surface area contributed by atoms with Gasteiger partial charge in [0.15, 0.2) is 6.29 Å². The van der Waals surface area contributed by atoms with Crippen LogP contribution >= 0.6 is 0 Å². The first-order valence-electron chi connectivity index (χ1n) is 7.51. The molecule has 0 aromatic rings. The summed E-state index contributed by atoms with van der Waals surface area (Å²) in [5.74, 6) is 0. The fourth-order valence-electron chi connectivity index (χ4n) is 2.40. The van der Waals surface area contributed by atoms with Gasteiger partial charge in [-0.3, -0.25) is 0 Å². The quantitative estimate of drug-likeness (QED) is 0.509. The number of aliphatic hydroxyl groups is 4. The van der Waals surface area contributed by atoms with Gasteiger partial charge >= 0.3 is 0 Å². The van der Waals surface area contributed by atoms with Crippen molar-refractivity contribution in [2.75, 3.05) is 6.61 Å². The Hall–Kier alpha value is -0.240. The average Bonchev–Trinajstić information content (AvgIpc) is 2.45. The van der Waals surface area contributed by atoms with Gasteiger partial charge in [-0.05, 0) is 12.8 Å². The second-order valence-corrected chi connectivity index (χ2v) is 5.39. The number of rotatable bonds is 8. The van der Waals surface area contributed by atoms with E-state index in [1.54, 1.807) is 0 Å². The lowest BCUT2D eigenvalue weighted by Crippen LogP contribution is -2.59. The van der Waals surface area contributed by atoms with Crippen LogP contribution in [-0.2, 0) is 9.47 Å². The molecule has 20 heavy (non-hydrogen) atoms. The maximum atomic E-state index is 9.92. The highest BCUT2D eigenvalue weighted by Gasteiger charge is 2.44. The van der Waals surface area contributed by atoms with Crippen LogP contribution in [0.1, 0.15) is 46.0 Å². The Bertz CT molecular complexity index is 260. The molecule has 6 atom stereocenters. The fourth-order valence-corrected chi connectivity index (χ4v) is 2.40. The molecule has 4 N–H and O–H groups in total. The zero-order chi connectivity index (χ0) is 15.1. The van der Waals surface area contributed by atoms with E-state index in [1.165, 1.54) is 0 Å². The molecule has 0 aromatic carbocycles. The number of ether oxygens (including phenoxy) is 2. The van der Waals surface area contributed by atoms with E-state index in [4.69, 9.17) is 14.6 Å². The average molecular weight is 292 g/mol. The van der Waals surface area contributed by atoms with Crippen LogP contribution in [0, 0.1) is 0 Å². The van der Waals surface area contributed by atoms with Gasteiger partial charge in [0.05, 0.1) is 12.7 Å². The van der Waals surface area contributed by atoms with Gasteiger partial charge in [0.2, 0.25) is 0 Å². The standard InChI is InChI=1S/C14H28O6/c1-3-5-7-9(6-4-2)19-14-13(18)12(17)11(16)10(8-15)20-14/h9-18H,3-8H2,1-2H3/t9?,10-,11-,12+,13-,14+/m1/s1. The van der Waals surface area contributed by atoms with Crippen molar-refractivity contribution < 1.29 is 29.9 Å². The smallest absolute Gasteiger partial charge is 0.186 e. The lowest BCUT2D eigenvalue weighted by molar-refractivity contribution is -0.312. The fraction of sp³-hybridized carbons (Fsp3) is 1.00.